The van der Waals surface area contributed by atoms with Gasteiger partial charge in [0.25, 0.3) is 0 Å². The summed E-state index contributed by atoms with van der Waals surface area (Å²) in [4.78, 5) is 0. The van der Waals surface area contributed by atoms with Gasteiger partial charge in [0, 0.05) is 21.6 Å². The molecule has 1 aliphatic rings. The molecule has 0 unspecified atom stereocenters. The van der Waals surface area contributed by atoms with E-state index in [2.05, 4.69) is 54.2 Å². The van der Waals surface area contributed by atoms with Crippen molar-refractivity contribution in [3.8, 4) is 0 Å². The molecular weight excluding hydrogens is 322 g/mol. The summed E-state index contributed by atoms with van der Waals surface area (Å²) in [5, 5.41) is 4.55. The predicted octanol–water partition coefficient (Wildman–Crippen LogP) is 5.20. The highest BCUT2D eigenvalue weighted by molar-refractivity contribution is 9.10. The third-order valence-electron chi connectivity index (χ3n) is 3.99. The standard InChI is InChI=1S/C16H23BrClN/c1-15(2,3)19-11-16(7-4-8-16)10-12-5-6-13(17)9-14(12)18/h5-6,9,19H,4,7-8,10-11H2,1-3H3. The van der Waals surface area contributed by atoms with Crippen molar-refractivity contribution in [1.82, 2.24) is 5.32 Å². The second kappa shape index (κ2) is 5.75. The second-order valence-electron chi connectivity index (χ2n) is 6.87. The van der Waals surface area contributed by atoms with Crippen LogP contribution in [-0.4, -0.2) is 12.1 Å². The Morgan fingerprint density at radius 1 is 1.32 bits per heavy atom. The Kier molecular flexibility index (Phi) is 4.64. The van der Waals surface area contributed by atoms with Crippen molar-refractivity contribution >= 4 is 27.5 Å². The van der Waals surface area contributed by atoms with Gasteiger partial charge >= 0.3 is 0 Å². The third kappa shape index (κ3) is 4.21. The zero-order valence-corrected chi connectivity index (χ0v) is 14.4. The lowest BCUT2D eigenvalue weighted by atomic mass is 9.65. The van der Waals surface area contributed by atoms with Crippen molar-refractivity contribution in [2.24, 2.45) is 5.41 Å². The summed E-state index contributed by atoms with van der Waals surface area (Å²) < 4.78 is 1.05. The van der Waals surface area contributed by atoms with Crippen molar-refractivity contribution in [3.63, 3.8) is 0 Å². The molecular formula is C16H23BrClN. The SMILES string of the molecule is CC(C)(C)NCC1(Cc2ccc(Br)cc2Cl)CCC1. The van der Waals surface area contributed by atoms with Gasteiger partial charge in [0.05, 0.1) is 0 Å². The highest BCUT2D eigenvalue weighted by Gasteiger charge is 2.37. The molecule has 1 nitrogen and oxygen atoms in total. The molecule has 0 heterocycles. The number of hydrogen-bond donors (Lipinski definition) is 1. The Bertz CT molecular complexity index is 447. The van der Waals surface area contributed by atoms with Crippen molar-refractivity contribution in [3.05, 3.63) is 33.3 Å². The van der Waals surface area contributed by atoms with E-state index in [0.29, 0.717) is 5.41 Å². The first kappa shape index (κ1) is 15.3. The van der Waals surface area contributed by atoms with Gasteiger partial charge in [-0.25, -0.2) is 0 Å². The lowest BCUT2D eigenvalue weighted by Crippen LogP contribution is -2.48. The molecule has 106 valence electrons. The molecule has 19 heavy (non-hydrogen) atoms. The summed E-state index contributed by atoms with van der Waals surface area (Å²) >= 11 is 9.82. The summed E-state index contributed by atoms with van der Waals surface area (Å²) in [6, 6.07) is 6.24. The number of hydrogen-bond acceptors (Lipinski definition) is 1. The first-order chi connectivity index (χ1) is 8.80. The second-order valence-corrected chi connectivity index (χ2v) is 8.19. The minimum absolute atomic E-state index is 0.187. The van der Waals surface area contributed by atoms with Gasteiger partial charge in [0.15, 0.2) is 0 Å². The molecule has 1 N–H and O–H groups in total. The molecule has 0 bridgehead atoms. The largest absolute Gasteiger partial charge is 0.312 e. The van der Waals surface area contributed by atoms with E-state index >= 15 is 0 Å². The van der Waals surface area contributed by atoms with E-state index in [-0.39, 0.29) is 5.54 Å². The first-order valence-electron chi connectivity index (χ1n) is 6.99. The predicted molar refractivity (Wildman–Crippen MR) is 86.9 cm³/mol. The van der Waals surface area contributed by atoms with Crippen LogP contribution >= 0.6 is 27.5 Å². The highest BCUT2D eigenvalue weighted by atomic mass is 79.9. The average molecular weight is 345 g/mol. The highest BCUT2D eigenvalue weighted by Crippen LogP contribution is 2.44. The van der Waals surface area contributed by atoms with Crippen LogP contribution in [0.3, 0.4) is 0 Å². The maximum Gasteiger partial charge on any atom is 0.0449 e. The topological polar surface area (TPSA) is 12.0 Å². The van der Waals surface area contributed by atoms with Gasteiger partial charge in [-0.2, -0.15) is 0 Å². The molecule has 0 radical (unpaired) electrons. The van der Waals surface area contributed by atoms with Crippen LogP contribution in [-0.2, 0) is 6.42 Å². The monoisotopic (exact) mass is 343 g/mol. The Morgan fingerprint density at radius 3 is 2.47 bits per heavy atom. The fourth-order valence-corrected chi connectivity index (χ4v) is 3.35. The third-order valence-corrected chi connectivity index (χ3v) is 4.83. The Morgan fingerprint density at radius 2 is 2.00 bits per heavy atom. The Balaban J connectivity index is 2.06. The Hall–Kier alpha value is -0.0500. The summed E-state index contributed by atoms with van der Waals surface area (Å²) in [7, 11) is 0. The van der Waals surface area contributed by atoms with E-state index in [1.54, 1.807) is 0 Å². The van der Waals surface area contributed by atoms with Crippen LogP contribution < -0.4 is 5.32 Å². The smallest absolute Gasteiger partial charge is 0.0449 e. The molecule has 1 aromatic carbocycles. The molecule has 0 aliphatic heterocycles. The molecule has 1 aliphatic carbocycles. The summed E-state index contributed by atoms with van der Waals surface area (Å²) in [6.07, 6.45) is 5.05. The number of rotatable bonds is 4. The van der Waals surface area contributed by atoms with Crippen LogP contribution in [0.15, 0.2) is 22.7 Å². The van der Waals surface area contributed by atoms with Crippen LogP contribution in [0.5, 0.6) is 0 Å². The van der Waals surface area contributed by atoms with Crippen LogP contribution in [0.2, 0.25) is 5.02 Å². The fraction of sp³-hybridized carbons (Fsp3) is 0.625. The van der Waals surface area contributed by atoms with Crippen molar-refractivity contribution in [2.75, 3.05) is 6.54 Å². The van der Waals surface area contributed by atoms with Crippen molar-refractivity contribution in [1.29, 1.82) is 0 Å². The zero-order chi connectivity index (χ0) is 14.1. The number of nitrogens with one attached hydrogen (secondary N) is 1. The van der Waals surface area contributed by atoms with E-state index in [4.69, 9.17) is 11.6 Å². The van der Waals surface area contributed by atoms with Crippen molar-refractivity contribution < 1.29 is 0 Å². The van der Waals surface area contributed by atoms with E-state index in [1.807, 2.05) is 6.07 Å². The molecule has 0 aromatic heterocycles. The van der Waals surface area contributed by atoms with Crippen LogP contribution in [0.4, 0.5) is 0 Å². The van der Waals surface area contributed by atoms with Crippen molar-refractivity contribution in [2.45, 2.75) is 52.0 Å². The molecule has 0 atom stereocenters. The molecule has 0 amide bonds. The van der Waals surface area contributed by atoms with Gasteiger partial charge in [-0.1, -0.05) is 40.0 Å². The summed E-state index contributed by atoms with van der Waals surface area (Å²) in [6.45, 7) is 7.77. The van der Waals surface area contributed by atoms with E-state index in [1.165, 1.54) is 24.8 Å². The van der Waals surface area contributed by atoms with Gasteiger partial charge in [-0.05, 0) is 63.1 Å². The molecule has 0 saturated heterocycles. The molecule has 2 rings (SSSR count). The summed E-state index contributed by atoms with van der Waals surface area (Å²) in [5.41, 5.74) is 1.87. The lowest BCUT2D eigenvalue weighted by molar-refractivity contribution is 0.118. The molecule has 0 spiro atoms. The Labute approximate surface area is 130 Å². The van der Waals surface area contributed by atoms with Crippen LogP contribution in [0, 0.1) is 5.41 Å². The normalized spacial score (nSPS) is 18.2. The minimum Gasteiger partial charge on any atom is -0.312 e. The lowest BCUT2D eigenvalue weighted by Gasteiger charge is -2.44. The molecule has 1 saturated carbocycles. The first-order valence-corrected chi connectivity index (χ1v) is 8.16. The zero-order valence-electron chi connectivity index (χ0n) is 12.0. The molecule has 1 aromatic rings. The average Bonchev–Trinajstić information content (AvgIpc) is 2.23. The van der Waals surface area contributed by atoms with Gasteiger partial charge in [0.2, 0.25) is 0 Å². The van der Waals surface area contributed by atoms with Gasteiger partial charge < -0.3 is 5.32 Å². The maximum atomic E-state index is 6.36. The molecule has 3 heteroatoms. The quantitative estimate of drug-likeness (QED) is 0.791. The minimum atomic E-state index is 0.187. The fourth-order valence-electron chi connectivity index (χ4n) is 2.61. The van der Waals surface area contributed by atoms with E-state index in [0.717, 1.165) is 22.5 Å². The number of halogens is 2. The van der Waals surface area contributed by atoms with Crippen LogP contribution in [0.1, 0.15) is 45.6 Å². The number of benzene rings is 1. The van der Waals surface area contributed by atoms with Gasteiger partial charge in [-0.15, -0.1) is 0 Å². The maximum absolute atomic E-state index is 6.36. The summed E-state index contributed by atoms with van der Waals surface area (Å²) in [5.74, 6) is 0. The van der Waals surface area contributed by atoms with E-state index in [9.17, 15) is 0 Å². The van der Waals surface area contributed by atoms with Crippen LogP contribution in [0.25, 0.3) is 0 Å². The van der Waals surface area contributed by atoms with Gasteiger partial charge in [-0.3, -0.25) is 0 Å². The molecule has 1 fully saturated rings. The van der Waals surface area contributed by atoms with E-state index < -0.39 is 0 Å². The van der Waals surface area contributed by atoms with Gasteiger partial charge in [0.1, 0.15) is 0 Å².